The number of benzene rings is 9. The van der Waals surface area contributed by atoms with Crippen molar-refractivity contribution in [3.8, 4) is 55.6 Å². The molecule has 0 bridgehead atoms. The van der Waals surface area contributed by atoms with E-state index in [9.17, 15) is 0 Å². The fraction of sp³-hybridized carbons (Fsp3) is 0.119. The maximum atomic E-state index is 2.50. The Morgan fingerprint density at radius 2 is 0.917 bits per heavy atom. The molecule has 0 radical (unpaired) electrons. The molecule has 0 heterocycles. The molecule has 1 heteroatoms. The van der Waals surface area contributed by atoms with E-state index < -0.39 is 0 Å². The van der Waals surface area contributed by atoms with Crippen molar-refractivity contribution in [2.75, 3.05) is 4.90 Å². The molecule has 0 saturated carbocycles. The van der Waals surface area contributed by atoms with Crippen molar-refractivity contribution >= 4 is 27.8 Å². The van der Waals surface area contributed by atoms with Crippen molar-refractivity contribution in [2.45, 2.75) is 45.4 Å². The zero-order valence-electron chi connectivity index (χ0n) is 35.1. The largest absolute Gasteiger partial charge is 0.310 e. The summed E-state index contributed by atoms with van der Waals surface area (Å²) >= 11 is 0. The monoisotopic (exact) mass is 771 g/mol. The SMILES string of the molecule is CC(C)(C)c1ccc(-c2ccc(N(c3ccc4c(c3)-c3ccccc3C4(C)C)c3ccc4ccccc4c3-c3ccc(-c4ccccc4)cc3)cc2-c2ccccc2)cc1. The molecule has 0 aromatic heterocycles. The van der Waals surface area contributed by atoms with E-state index in [2.05, 4.69) is 246 Å². The number of nitrogens with zero attached hydrogens (tertiary/aromatic N) is 1. The minimum atomic E-state index is -0.0887. The van der Waals surface area contributed by atoms with Gasteiger partial charge in [-0.3, -0.25) is 0 Å². The molecular weight excluding hydrogens is 723 g/mol. The van der Waals surface area contributed by atoms with Crippen LogP contribution in [0.2, 0.25) is 0 Å². The smallest absolute Gasteiger partial charge is 0.0546 e. The van der Waals surface area contributed by atoms with Gasteiger partial charge in [0.2, 0.25) is 0 Å². The van der Waals surface area contributed by atoms with Gasteiger partial charge in [0, 0.05) is 22.4 Å². The molecule has 290 valence electrons. The average molecular weight is 772 g/mol. The summed E-state index contributed by atoms with van der Waals surface area (Å²) in [5, 5.41) is 2.44. The fourth-order valence-corrected chi connectivity index (χ4v) is 9.41. The molecule has 0 aliphatic heterocycles. The molecular formula is C59H49N. The average Bonchev–Trinajstić information content (AvgIpc) is 3.52. The predicted octanol–water partition coefficient (Wildman–Crippen LogP) is 16.6. The van der Waals surface area contributed by atoms with E-state index in [-0.39, 0.29) is 10.8 Å². The number of hydrogen-bond donors (Lipinski definition) is 0. The molecule has 10 rings (SSSR count). The van der Waals surface area contributed by atoms with Crippen molar-refractivity contribution in [2.24, 2.45) is 0 Å². The lowest BCUT2D eigenvalue weighted by atomic mass is 9.82. The zero-order valence-corrected chi connectivity index (χ0v) is 35.1. The van der Waals surface area contributed by atoms with Crippen molar-refractivity contribution < 1.29 is 0 Å². The lowest BCUT2D eigenvalue weighted by molar-refractivity contribution is 0.590. The van der Waals surface area contributed by atoms with Gasteiger partial charge in [0.25, 0.3) is 0 Å². The second kappa shape index (κ2) is 14.7. The Balaban J connectivity index is 1.23. The molecule has 1 nitrogen and oxygen atoms in total. The molecule has 0 amide bonds. The maximum Gasteiger partial charge on any atom is 0.0546 e. The molecule has 0 atom stereocenters. The van der Waals surface area contributed by atoms with E-state index in [1.54, 1.807) is 0 Å². The normalized spacial score (nSPS) is 12.9. The van der Waals surface area contributed by atoms with Gasteiger partial charge < -0.3 is 4.90 Å². The standard InChI is InChI=1S/C59H49N/c1-58(2,3)46-31-28-44(29-32-46)49-35-33-47(38-52(49)42-18-10-7-11-19-42)60(48-34-36-55-53(39-48)51-22-14-15-23-54(51)59(55,4)5)56-37-30-43-20-12-13-21-50(43)57(56)45-26-24-41(25-27-45)40-16-8-6-9-17-40/h6-39H,1-5H3. The van der Waals surface area contributed by atoms with Crippen molar-refractivity contribution in [1.29, 1.82) is 0 Å². The summed E-state index contributed by atoms with van der Waals surface area (Å²) in [6.07, 6.45) is 0. The Labute approximate surface area is 355 Å². The van der Waals surface area contributed by atoms with E-state index in [4.69, 9.17) is 0 Å². The summed E-state index contributed by atoms with van der Waals surface area (Å²) in [5.41, 5.74) is 19.6. The van der Waals surface area contributed by atoms with E-state index in [0.717, 1.165) is 17.1 Å². The molecule has 0 fully saturated rings. The van der Waals surface area contributed by atoms with Gasteiger partial charge in [-0.25, -0.2) is 0 Å². The van der Waals surface area contributed by atoms with Crippen molar-refractivity contribution in [3.05, 3.63) is 223 Å². The van der Waals surface area contributed by atoms with E-state index in [1.807, 2.05) is 0 Å². The molecule has 9 aromatic carbocycles. The van der Waals surface area contributed by atoms with Gasteiger partial charge in [0.05, 0.1) is 5.69 Å². The Kier molecular flexibility index (Phi) is 9.14. The summed E-state index contributed by atoms with van der Waals surface area (Å²) in [4.78, 5) is 2.50. The molecule has 60 heavy (non-hydrogen) atoms. The summed E-state index contributed by atoms with van der Waals surface area (Å²) < 4.78 is 0. The molecule has 0 N–H and O–H groups in total. The highest BCUT2D eigenvalue weighted by Crippen LogP contribution is 2.52. The Morgan fingerprint density at radius 3 is 1.63 bits per heavy atom. The van der Waals surface area contributed by atoms with Crippen molar-refractivity contribution in [1.82, 2.24) is 0 Å². The van der Waals surface area contributed by atoms with Crippen LogP contribution < -0.4 is 4.90 Å². The summed E-state index contributed by atoms with van der Waals surface area (Å²) in [5.74, 6) is 0. The van der Waals surface area contributed by atoms with Gasteiger partial charge in [-0.15, -0.1) is 0 Å². The van der Waals surface area contributed by atoms with Crippen LogP contribution in [0.5, 0.6) is 0 Å². The van der Waals surface area contributed by atoms with E-state index in [0.29, 0.717) is 0 Å². The first-order chi connectivity index (χ1) is 29.1. The summed E-state index contributed by atoms with van der Waals surface area (Å²) in [7, 11) is 0. The topological polar surface area (TPSA) is 3.24 Å². The fourth-order valence-electron chi connectivity index (χ4n) is 9.41. The van der Waals surface area contributed by atoms with Gasteiger partial charge >= 0.3 is 0 Å². The highest BCUT2D eigenvalue weighted by molar-refractivity contribution is 6.06. The van der Waals surface area contributed by atoms with Crippen LogP contribution in [0.3, 0.4) is 0 Å². The molecule has 9 aromatic rings. The number of anilines is 3. The maximum absolute atomic E-state index is 2.50. The molecule has 0 saturated heterocycles. The van der Waals surface area contributed by atoms with Gasteiger partial charge in [-0.1, -0.05) is 211 Å². The van der Waals surface area contributed by atoms with Crippen molar-refractivity contribution in [3.63, 3.8) is 0 Å². The van der Waals surface area contributed by atoms with Crippen LogP contribution in [0.4, 0.5) is 17.1 Å². The summed E-state index contributed by atoms with van der Waals surface area (Å²) in [6, 6.07) is 76.4. The Bertz CT molecular complexity index is 3000. The first kappa shape index (κ1) is 37.3. The predicted molar refractivity (Wildman–Crippen MR) is 257 cm³/mol. The molecule has 1 aliphatic carbocycles. The summed E-state index contributed by atoms with van der Waals surface area (Å²) in [6.45, 7) is 11.5. The first-order valence-electron chi connectivity index (χ1n) is 21.2. The Morgan fingerprint density at radius 1 is 0.383 bits per heavy atom. The van der Waals surface area contributed by atoms with Gasteiger partial charge in [-0.05, 0) is 113 Å². The minimum absolute atomic E-state index is 0.0795. The highest BCUT2D eigenvalue weighted by Gasteiger charge is 2.36. The third-order valence-corrected chi connectivity index (χ3v) is 12.7. The number of hydrogen-bond acceptors (Lipinski definition) is 1. The quantitative estimate of drug-likeness (QED) is 0.156. The van der Waals surface area contributed by atoms with Crippen LogP contribution in [-0.4, -0.2) is 0 Å². The molecule has 0 spiro atoms. The minimum Gasteiger partial charge on any atom is -0.310 e. The highest BCUT2D eigenvalue weighted by atomic mass is 15.1. The van der Waals surface area contributed by atoms with Gasteiger partial charge in [0.15, 0.2) is 0 Å². The van der Waals surface area contributed by atoms with Crippen LogP contribution in [0, 0.1) is 0 Å². The van der Waals surface area contributed by atoms with Crippen LogP contribution in [-0.2, 0) is 10.8 Å². The Hall–Kier alpha value is -6.96. The lowest BCUT2D eigenvalue weighted by Crippen LogP contribution is -2.15. The second-order valence-electron chi connectivity index (χ2n) is 17.8. The molecule has 1 aliphatic rings. The van der Waals surface area contributed by atoms with Crippen LogP contribution in [0.25, 0.3) is 66.4 Å². The van der Waals surface area contributed by atoms with Crippen LogP contribution in [0.1, 0.15) is 51.3 Å². The van der Waals surface area contributed by atoms with Gasteiger partial charge in [0.1, 0.15) is 0 Å². The zero-order chi connectivity index (χ0) is 41.0. The van der Waals surface area contributed by atoms with Crippen LogP contribution >= 0.6 is 0 Å². The third kappa shape index (κ3) is 6.52. The van der Waals surface area contributed by atoms with E-state index in [1.165, 1.54) is 83.1 Å². The molecule has 0 unspecified atom stereocenters. The lowest BCUT2D eigenvalue weighted by Gasteiger charge is -2.30. The van der Waals surface area contributed by atoms with E-state index >= 15 is 0 Å². The van der Waals surface area contributed by atoms with Crippen LogP contribution in [0.15, 0.2) is 206 Å². The third-order valence-electron chi connectivity index (χ3n) is 12.7. The number of rotatable bonds is 7. The number of fused-ring (bicyclic) bond motifs is 4. The van der Waals surface area contributed by atoms with Gasteiger partial charge in [-0.2, -0.15) is 0 Å². The first-order valence-corrected chi connectivity index (χ1v) is 21.2. The second-order valence-corrected chi connectivity index (χ2v) is 17.8.